The van der Waals surface area contributed by atoms with Gasteiger partial charge in [0.2, 0.25) is 10.0 Å². The Labute approximate surface area is 137 Å². The standard InChI is InChI=1S/C17H22N2O3S/c1-22-13-11-15-4-8-17(9-5-15)23(20,21)19-12-10-14-2-6-16(18)7-3-14/h2-9,19H,10-13,18H2,1H3. The third-order valence-corrected chi connectivity index (χ3v) is 4.99. The fourth-order valence-electron chi connectivity index (χ4n) is 2.15. The summed E-state index contributed by atoms with van der Waals surface area (Å²) in [7, 11) is -1.84. The number of methoxy groups -OCH3 is 1. The van der Waals surface area contributed by atoms with Crippen LogP contribution in [0.4, 0.5) is 5.69 Å². The Kier molecular flexibility index (Phi) is 6.15. The summed E-state index contributed by atoms with van der Waals surface area (Å²) in [6.45, 7) is 0.962. The zero-order chi connectivity index (χ0) is 16.7. The minimum absolute atomic E-state index is 0.274. The average molecular weight is 334 g/mol. The molecule has 0 aliphatic rings. The molecule has 2 aromatic carbocycles. The van der Waals surface area contributed by atoms with E-state index in [9.17, 15) is 8.42 Å². The third-order valence-electron chi connectivity index (χ3n) is 3.51. The summed E-state index contributed by atoms with van der Waals surface area (Å²) < 4.78 is 32.1. The largest absolute Gasteiger partial charge is 0.399 e. The van der Waals surface area contributed by atoms with Crippen molar-refractivity contribution in [3.05, 3.63) is 59.7 Å². The number of ether oxygens (including phenoxy) is 1. The summed E-state index contributed by atoms with van der Waals surface area (Å²) in [5.41, 5.74) is 8.41. The first-order valence-electron chi connectivity index (χ1n) is 7.43. The zero-order valence-electron chi connectivity index (χ0n) is 13.2. The van der Waals surface area contributed by atoms with Gasteiger partial charge in [0, 0.05) is 19.3 Å². The van der Waals surface area contributed by atoms with Gasteiger partial charge in [-0.15, -0.1) is 0 Å². The van der Waals surface area contributed by atoms with Crippen LogP contribution in [-0.2, 0) is 27.6 Å². The van der Waals surface area contributed by atoms with Gasteiger partial charge in [0.05, 0.1) is 11.5 Å². The van der Waals surface area contributed by atoms with E-state index >= 15 is 0 Å². The van der Waals surface area contributed by atoms with Crippen LogP contribution < -0.4 is 10.5 Å². The van der Waals surface area contributed by atoms with Crippen LogP contribution in [0.15, 0.2) is 53.4 Å². The molecule has 0 fully saturated rings. The van der Waals surface area contributed by atoms with Gasteiger partial charge in [-0.05, 0) is 48.2 Å². The van der Waals surface area contributed by atoms with Gasteiger partial charge in [0.1, 0.15) is 0 Å². The van der Waals surface area contributed by atoms with Crippen molar-refractivity contribution >= 4 is 15.7 Å². The minimum atomic E-state index is -3.48. The summed E-state index contributed by atoms with van der Waals surface area (Å²) in [5.74, 6) is 0. The summed E-state index contributed by atoms with van der Waals surface area (Å²) in [4.78, 5) is 0.274. The van der Waals surface area contributed by atoms with Crippen molar-refractivity contribution in [3.63, 3.8) is 0 Å². The summed E-state index contributed by atoms with van der Waals surface area (Å²) in [6, 6.07) is 14.3. The summed E-state index contributed by atoms with van der Waals surface area (Å²) in [6.07, 6.45) is 1.38. The van der Waals surface area contributed by atoms with Gasteiger partial charge in [0.15, 0.2) is 0 Å². The first-order valence-corrected chi connectivity index (χ1v) is 8.91. The number of nitrogens with one attached hydrogen (secondary N) is 1. The predicted molar refractivity (Wildman–Crippen MR) is 91.8 cm³/mol. The van der Waals surface area contributed by atoms with Gasteiger partial charge < -0.3 is 10.5 Å². The fraction of sp³-hybridized carbons (Fsp3) is 0.294. The first kappa shape index (κ1) is 17.5. The van der Waals surface area contributed by atoms with E-state index in [2.05, 4.69) is 4.72 Å². The van der Waals surface area contributed by atoms with E-state index in [1.807, 2.05) is 36.4 Å². The quantitative estimate of drug-likeness (QED) is 0.723. The second-order valence-electron chi connectivity index (χ2n) is 5.28. The van der Waals surface area contributed by atoms with E-state index in [1.165, 1.54) is 0 Å². The topological polar surface area (TPSA) is 81.4 Å². The summed E-state index contributed by atoms with van der Waals surface area (Å²) in [5, 5.41) is 0. The molecule has 0 unspecified atom stereocenters. The molecule has 6 heteroatoms. The molecule has 0 spiro atoms. The number of nitrogen functional groups attached to an aromatic ring is 1. The Bertz CT molecular complexity index is 711. The number of benzene rings is 2. The number of rotatable bonds is 8. The molecule has 23 heavy (non-hydrogen) atoms. The Morgan fingerprint density at radius 1 is 0.957 bits per heavy atom. The first-order chi connectivity index (χ1) is 11.0. The molecule has 3 N–H and O–H groups in total. The molecule has 0 aliphatic carbocycles. The third kappa shape index (κ3) is 5.35. The second kappa shape index (κ2) is 8.10. The molecule has 5 nitrogen and oxygen atoms in total. The maximum absolute atomic E-state index is 12.2. The molecule has 0 radical (unpaired) electrons. The highest BCUT2D eigenvalue weighted by atomic mass is 32.2. The Morgan fingerprint density at radius 2 is 1.52 bits per heavy atom. The molecule has 124 valence electrons. The van der Waals surface area contributed by atoms with Gasteiger partial charge in [-0.2, -0.15) is 0 Å². The maximum atomic E-state index is 12.2. The lowest BCUT2D eigenvalue weighted by molar-refractivity contribution is 0.202. The van der Waals surface area contributed by atoms with E-state index in [1.54, 1.807) is 19.2 Å². The maximum Gasteiger partial charge on any atom is 0.240 e. The normalized spacial score (nSPS) is 11.5. The molecule has 2 rings (SSSR count). The lowest BCUT2D eigenvalue weighted by atomic mass is 10.1. The molecule has 0 atom stereocenters. The van der Waals surface area contributed by atoms with Crippen LogP contribution in [0.25, 0.3) is 0 Å². The van der Waals surface area contributed by atoms with Crippen LogP contribution in [0.1, 0.15) is 11.1 Å². The van der Waals surface area contributed by atoms with Crippen LogP contribution >= 0.6 is 0 Å². The molecule has 0 saturated heterocycles. The van der Waals surface area contributed by atoms with Crippen molar-refractivity contribution in [1.82, 2.24) is 4.72 Å². The fourth-order valence-corrected chi connectivity index (χ4v) is 3.18. The zero-order valence-corrected chi connectivity index (χ0v) is 14.0. The SMILES string of the molecule is COCCc1ccc(S(=O)(=O)NCCc2ccc(N)cc2)cc1. The Hall–Kier alpha value is -1.89. The molecular formula is C17H22N2O3S. The molecule has 0 aliphatic heterocycles. The molecule has 0 aromatic heterocycles. The average Bonchev–Trinajstić information content (AvgIpc) is 2.55. The van der Waals surface area contributed by atoms with Gasteiger partial charge >= 0.3 is 0 Å². The van der Waals surface area contributed by atoms with E-state index in [0.29, 0.717) is 25.3 Å². The van der Waals surface area contributed by atoms with Crippen LogP contribution in [0.3, 0.4) is 0 Å². The van der Waals surface area contributed by atoms with E-state index in [-0.39, 0.29) is 4.90 Å². The second-order valence-corrected chi connectivity index (χ2v) is 7.04. The molecule has 2 aromatic rings. The van der Waals surface area contributed by atoms with E-state index in [4.69, 9.17) is 10.5 Å². The Balaban J connectivity index is 1.91. The van der Waals surface area contributed by atoms with Crippen LogP contribution in [0.2, 0.25) is 0 Å². The minimum Gasteiger partial charge on any atom is -0.399 e. The highest BCUT2D eigenvalue weighted by molar-refractivity contribution is 7.89. The number of anilines is 1. The van der Waals surface area contributed by atoms with E-state index in [0.717, 1.165) is 17.5 Å². The molecule has 0 bridgehead atoms. The van der Waals surface area contributed by atoms with Crippen molar-refractivity contribution in [2.24, 2.45) is 0 Å². The van der Waals surface area contributed by atoms with Crippen molar-refractivity contribution in [1.29, 1.82) is 0 Å². The Morgan fingerprint density at radius 3 is 2.13 bits per heavy atom. The predicted octanol–water partition coefficient (Wildman–Crippen LogP) is 1.98. The van der Waals surface area contributed by atoms with Gasteiger partial charge in [-0.3, -0.25) is 0 Å². The number of sulfonamides is 1. The molecule has 0 saturated carbocycles. The highest BCUT2D eigenvalue weighted by Gasteiger charge is 2.13. The lowest BCUT2D eigenvalue weighted by Crippen LogP contribution is -2.26. The monoisotopic (exact) mass is 334 g/mol. The van der Waals surface area contributed by atoms with Gasteiger partial charge in [-0.25, -0.2) is 13.1 Å². The van der Waals surface area contributed by atoms with Crippen LogP contribution in [0, 0.1) is 0 Å². The van der Waals surface area contributed by atoms with Crippen molar-refractivity contribution in [3.8, 4) is 0 Å². The van der Waals surface area contributed by atoms with Crippen LogP contribution in [0.5, 0.6) is 0 Å². The van der Waals surface area contributed by atoms with Gasteiger partial charge in [0.25, 0.3) is 0 Å². The lowest BCUT2D eigenvalue weighted by Gasteiger charge is -2.08. The van der Waals surface area contributed by atoms with Crippen molar-refractivity contribution < 1.29 is 13.2 Å². The summed E-state index contributed by atoms with van der Waals surface area (Å²) >= 11 is 0. The van der Waals surface area contributed by atoms with E-state index < -0.39 is 10.0 Å². The number of hydrogen-bond acceptors (Lipinski definition) is 4. The molecule has 0 heterocycles. The van der Waals surface area contributed by atoms with Crippen LogP contribution in [-0.4, -0.2) is 28.7 Å². The molecular weight excluding hydrogens is 312 g/mol. The molecule has 0 amide bonds. The van der Waals surface area contributed by atoms with Crippen molar-refractivity contribution in [2.45, 2.75) is 17.7 Å². The number of nitrogens with two attached hydrogens (primary N) is 1. The van der Waals surface area contributed by atoms with Gasteiger partial charge in [-0.1, -0.05) is 24.3 Å². The smallest absolute Gasteiger partial charge is 0.240 e. The number of hydrogen-bond donors (Lipinski definition) is 2. The van der Waals surface area contributed by atoms with Crippen molar-refractivity contribution in [2.75, 3.05) is 26.0 Å². The highest BCUT2D eigenvalue weighted by Crippen LogP contribution is 2.11.